The Bertz CT molecular complexity index is 1140. The number of nitrogens with zero attached hydrogens (tertiary/aromatic N) is 5. The Hall–Kier alpha value is -3.55. The molecule has 0 unspecified atom stereocenters. The number of piperidine rings is 1. The monoisotopic (exact) mass is 403 g/mol. The first kappa shape index (κ1) is 18.5. The smallest absolute Gasteiger partial charge is 0.358 e. The third-order valence-electron chi connectivity index (χ3n) is 5.87. The van der Waals surface area contributed by atoms with Crippen LogP contribution in [0.15, 0.2) is 53.7 Å². The zero-order valence-corrected chi connectivity index (χ0v) is 16.6. The lowest BCUT2D eigenvalue weighted by Gasteiger charge is -2.43. The van der Waals surface area contributed by atoms with Crippen molar-refractivity contribution in [1.82, 2.24) is 19.5 Å². The van der Waals surface area contributed by atoms with Gasteiger partial charge >= 0.3 is 5.97 Å². The lowest BCUT2D eigenvalue weighted by Crippen LogP contribution is -2.47. The molecule has 5 heterocycles. The van der Waals surface area contributed by atoms with Crippen LogP contribution in [0.1, 0.15) is 28.5 Å². The van der Waals surface area contributed by atoms with Crippen LogP contribution in [0.2, 0.25) is 0 Å². The zero-order valence-electron chi connectivity index (χ0n) is 16.6. The molecule has 1 saturated heterocycles. The predicted molar refractivity (Wildman–Crippen MR) is 110 cm³/mol. The highest BCUT2D eigenvalue weighted by molar-refractivity contribution is 5.86. The molecule has 2 aliphatic heterocycles. The Morgan fingerprint density at radius 2 is 2.00 bits per heavy atom. The van der Waals surface area contributed by atoms with Gasteiger partial charge < -0.3 is 14.2 Å². The van der Waals surface area contributed by atoms with E-state index < -0.39 is 5.97 Å². The van der Waals surface area contributed by atoms with Gasteiger partial charge in [0.1, 0.15) is 5.82 Å². The topological polar surface area (TPSA) is 90.2 Å². The quantitative estimate of drug-likeness (QED) is 0.619. The number of hydrogen-bond acceptors (Lipinski definition) is 7. The second-order valence-electron chi connectivity index (χ2n) is 7.79. The van der Waals surface area contributed by atoms with Gasteiger partial charge in [0.2, 0.25) is 0 Å². The van der Waals surface area contributed by atoms with Crippen LogP contribution in [0.4, 0.5) is 5.82 Å². The second-order valence-corrected chi connectivity index (χ2v) is 7.79. The molecule has 0 spiro atoms. The summed E-state index contributed by atoms with van der Waals surface area (Å²) in [5, 5.41) is 0. The van der Waals surface area contributed by atoms with Crippen molar-refractivity contribution in [2.24, 2.45) is 5.92 Å². The van der Waals surface area contributed by atoms with Gasteiger partial charge in [-0.3, -0.25) is 9.78 Å². The number of methoxy groups -OCH3 is 1. The summed E-state index contributed by atoms with van der Waals surface area (Å²) in [5.74, 6) is 0.807. The first-order valence-electron chi connectivity index (χ1n) is 9.94. The highest BCUT2D eigenvalue weighted by atomic mass is 16.5. The molecule has 30 heavy (non-hydrogen) atoms. The Morgan fingerprint density at radius 1 is 1.10 bits per heavy atom. The van der Waals surface area contributed by atoms with Crippen LogP contribution in [-0.4, -0.2) is 45.7 Å². The lowest BCUT2D eigenvalue weighted by molar-refractivity contribution is 0.0593. The standard InChI is InChI=1S/C22H21N5O3/c1-30-22(29)18-9-25-20(10-24-18)26-11-14-6-16(13-26)19-7-15(8-21(28)27(19)12-14)17-4-2-3-5-23-17/h2-5,7-10,14,16H,6,11-13H2,1H3/t14-,16+/m0/s1. The van der Waals surface area contributed by atoms with Crippen LogP contribution in [-0.2, 0) is 11.3 Å². The molecule has 3 aromatic heterocycles. The van der Waals surface area contributed by atoms with Gasteiger partial charge in [-0.15, -0.1) is 0 Å². The summed E-state index contributed by atoms with van der Waals surface area (Å²) in [6, 6.07) is 9.49. The van der Waals surface area contributed by atoms with Gasteiger partial charge in [-0.25, -0.2) is 14.8 Å². The Morgan fingerprint density at radius 3 is 2.73 bits per heavy atom. The summed E-state index contributed by atoms with van der Waals surface area (Å²) >= 11 is 0. The van der Waals surface area contributed by atoms with E-state index in [4.69, 9.17) is 0 Å². The summed E-state index contributed by atoms with van der Waals surface area (Å²) in [4.78, 5) is 39.6. The molecule has 0 radical (unpaired) electrons. The van der Waals surface area contributed by atoms with Gasteiger partial charge in [0.25, 0.3) is 5.56 Å². The minimum Gasteiger partial charge on any atom is -0.464 e. The van der Waals surface area contributed by atoms with Crippen molar-refractivity contribution < 1.29 is 9.53 Å². The number of pyridine rings is 2. The summed E-state index contributed by atoms with van der Waals surface area (Å²) in [5.41, 5.74) is 2.92. The van der Waals surface area contributed by atoms with E-state index in [1.165, 1.54) is 13.3 Å². The van der Waals surface area contributed by atoms with Crippen LogP contribution in [0.25, 0.3) is 11.3 Å². The molecule has 5 rings (SSSR count). The first-order valence-corrected chi connectivity index (χ1v) is 9.94. The number of anilines is 1. The molecule has 0 aliphatic carbocycles. The van der Waals surface area contributed by atoms with Crippen LogP contribution in [0.3, 0.4) is 0 Å². The van der Waals surface area contributed by atoms with E-state index in [2.05, 4.69) is 30.7 Å². The number of ether oxygens (including phenoxy) is 1. The average Bonchev–Trinajstić information content (AvgIpc) is 2.79. The Balaban J connectivity index is 1.46. The molecule has 0 N–H and O–H groups in total. The highest BCUT2D eigenvalue weighted by Gasteiger charge is 2.35. The fourth-order valence-electron chi connectivity index (χ4n) is 4.52. The lowest BCUT2D eigenvalue weighted by atomic mass is 9.82. The van der Waals surface area contributed by atoms with E-state index in [1.807, 2.05) is 22.8 Å². The molecular formula is C22H21N5O3. The van der Waals surface area contributed by atoms with Crippen molar-refractivity contribution >= 4 is 11.8 Å². The summed E-state index contributed by atoms with van der Waals surface area (Å²) in [7, 11) is 1.32. The normalized spacial score (nSPS) is 19.8. The van der Waals surface area contributed by atoms with Gasteiger partial charge in [0.15, 0.2) is 5.69 Å². The number of aromatic nitrogens is 4. The largest absolute Gasteiger partial charge is 0.464 e. The summed E-state index contributed by atoms with van der Waals surface area (Å²) in [6.07, 6.45) is 5.84. The fraction of sp³-hybridized carbons (Fsp3) is 0.318. The van der Waals surface area contributed by atoms with E-state index in [9.17, 15) is 9.59 Å². The SMILES string of the molecule is COC(=O)c1cnc(N2C[C@@H]3C[C@H](C2)c2cc(-c4ccccn4)cc(=O)n2C3)cn1. The maximum Gasteiger partial charge on any atom is 0.358 e. The van der Waals surface area contributed by atoms with E-state index in [1.54, 1.807) is 18.5 Å². The van der Waals surface area contributed by atoms with Crippen LogP contribution >= 0.6 is 0 Å². The first-order chi connectivity index (χ1) is 14.6. The molecule has 3 aromatic rings. The highest BCUT2D eigenvalue weighted by Crippen LogP contribution is 2.37. The maximum absolute atomic E-state index is 12.8. The number of hydrogen-bond donors (Lipinski definition) is 0. The van der Waals surface area contributed by atoms with Crippen LogP contribution in [0.5, 0.6) is 0 Å². The fourth-order valence-corrected chi connectivity index (χ4v) is 4.52. The van der Waals surface area contributed by atoms with Gasteiger partial charge in [-0.1, -0.05) is 6.07 Å². The molecule has 0 amide bonds. The molecular weight excluding hydrogens is 382 g/mol. The van der Waals surface area contributed by atoms with Crippen molar-refractivity contribution in [3.8, 4) is 11.3 Å². The van der Waals surface area contributed by atoms with E-state index in [0.717, 1.165) is 42.3 Å². The number of fused-ring (bicyclic) bond motifs is 4. The van der Waals surface area contributed by atoms with Crippen molar-refractivity contribution in [2.75, 3.05) is 25.1 Å². The van der Waals surface area contributed by atoms with Crippen molar-refractivity contribution in [2.45, 2.75) is 18.9 Å². The summed E-state index contributed by atoms with van der Waals surface area (Å²) < 4.78 is 6.60. The maximum atomic E-state index is 12.8. The van der Waals surface area contributed by atoms with E-state index in [0.29, 0.717) is 12.5 Å². The van der Waals surface area contributed by atoms with Gasteiger partial charge in [-0.2, -0.15) is 0 Å². The van der Waals surface area contributed by atoms with E-state index in [-0.39, 0.29) is 17.2 Å². The average molecular weight is 403 g/mol. The van der Waals surface area contributed by atoms with Crippen molar-refractivity contribution in [3.63, 3.8) is 0 Å². The molecule has 2 atom stereocenters. The Labute approximate surface area is 173 Å². The Kier molecular flexibility index (Phi) is 4.54. The summed E-state index contributed by atoms with van der Waals surface area (Å²) in [6.45, 7) is 2.24. The second kappa shape index (κ2) is 7.37. The van der Waals surface area contributed by atoms with Gasteiger partial charge in [0.05, 0.1) is 25.2 Å². The third kappa shape index (κ3) is 3.24. The van der Waals surface area contributed by atoms with Gasteiger partial charge in [0, 0.05) is 49.1 Å². The predicted octanol–water partition coefficient (Wildman–Crippen LogP) is 2.11. The molecule has 0 aromatic carbocycles. The van der Waals surface area contributed by atoms with Crippen LogP contribution < -0.4 is 10.5 Å². The third-order valence-corrected chi connectivity index (χ3v) is 5.87. The molecule has 8 heteroatoms. The number of carbonyl (C=O) groups is 1. The van der Waals surface area contributed by atoms with Crippen LogP contribution in [0, 0.1) is 5.92 Å². The molecule has 2 aliphatic rings. The number of rotatable bonds is 3. The number of carbonyl (C=O) groups excluding carboxylic acids is 1. The zero-order chi connectivity index (χ0) is 20.7. The van der Waals surface area contributed by atoms with Crippen molar-refractivity contribution in [3.05, 3.63) is 70.7 Å². The van der Waals surface area contributed by atoms with Gasteiger partial charge in [-0.05, 0) is 30.5 Å². The minimum absolute atomic E-state index is 0.0264. The molecule has 0 saturated carbocycles. The van der Waals surface area contributed by atoms with E-state index >= 15 is 0 Å². The molecule has 2 bridgehead atoms. The minimum atomic E-state index is -0.500. The number of esters is 1. The molecule has 1 fully saturated rings. The molecule has 152 valence electrons. The van der Waals surface area contributed by atoms with Crippen molar-refractivity contribution in [1.29, 1.82) is 0 Å². The molecule has 8 nitrogen and oxygen atoms in total.